The minimum atomic E-state index is -0.00664. The van der Waals surface area contributed by atoms with Gasteiger partial charge >= 0.3 is 0 Å². The van der Waals surface area contributed by atoms with Gasteiger partial charge in [-0.25, -0.2) is 0 Å². The summed E-state index contributed by atoms with van der Waals surface area (Å²) in [6, 6.07) is 3.86. The molecule has 0 saturated heterocycles. The summed E-state index contributed by atoms with van der Waals surface area (Å²) in [6.07, 6.45) is 7.01. The Labute approximate surface area is 128 Å². The van der Waals surface area contributed by atoms with Crippen molar-refractivity contribution < 1.29 is 5.11 Å². The van der Waals surface area contributed by atoms with E-state index in [0.29, 0.717) is 11.7 Å². The standard InChI is InChI=1S/C16H19BrN2O/c1-10-3-4-12(15(20)5-10)9-19-16-11(2)6-14(17)7-13(16)8-18/h5-10,12,18,20H,3-4H2,1-2H3/b18-8?,19-9+. The summed E-state index contributed by atoms with van der Waals surface area (Å²) in [6.45, 7) is 4.08. The topological polar surface area (TPSA) is 56.4 Å². The Morgan fingerprint density at radius 1 is 1.40 bits per heavy atom. The van der Waals surface area contributed by atoms with Crippen LogP contribution >= 0.6 is 15.9 Å². The lowest BCUT2D eigenvalue weighted by Gasteiger charge is -2.20. The molecule has 1 aromatic rings. The van der Waals surface area contributed by atoms with E-state index in [1.54, 1.807) is 6.21 Å². The molecule has 2 N–H and O–H groups in total. The van der Waals surface area contributed by atoms with Crippen LogP contribution in [0.4, 0.5) is 5.69 Å². The monoisotopic (exact) mass is 334 g/mol. The molecule has 0 bridgehead atoms. The zero-order valence-corrected chi connectivity index (χ0v) is 13.3. The molecule has 1 aromatic carbocycles. The highest BCUT2D eigenvalue weighted by atomic mass is 79.9. The molecule has 0 heterocycles. The van der Waals surface area contributed by atoms with Gasteiger partial charge in [-0.3, -0.25) is 4.99 Å². The number of aliphatic hydroxyl groups is 1. The summed E-state index contributed by atoms with van der Waals surface area (Å²) in [5.74, 6) is 0.845. The summed E-state index contributed by atoms with van der Waals surface area (Å²) < 4.78 is 0.946. The van der Waals surface area contributed by atoms with Gasteiger partial charge in [0, 0.05) is 22.5 Å². The molecule has 1 aliphatic carbocycles. The Balaban J connectivity index is 2.28. The van der Waals surface area contributed by atoms with Crippen molar-refractivity contribution in [3.05, 3.63) is 39.6 Å². The fraction of sp³-hybridized carbons (Fsp3) is 0.375. The third-order valence-electron chi connectivity index (χ3n) is 3.60. The van der Waals surface area contributed by atoms with Crippen LogP contribution in [0.1, 0.15) is 30.9 Å². The summed E-state index contributed by atoms with van der Waals surface area (Å²) >= 11 is 3.43. The summed E-state index contributed by atoms with van der Waals surface area (Å²) in [5, 5.41) is 17.5. The lowest BCUT2D eigenvalue weighted by molar-refractivity contribution is 0.325. The van der Waals surface area contributed by atoms with Crippen molar-refractivity contribution in [1.82, 2.24) is 0 Å². The molecule has 0 amide bonds. The van der Waals surface area contributed by atoms with E-state index in [1.165, 1.54) is 6.21 Å². The highest BCUT2D eigenvalue weighted by Crippen LogP contribution is 2.29. The number of aliphatic imine (C=N–C) groups is 1. The van der Waals surface area contributed by atoms with Crippen molar-refractivity contribution in [3.8, 4) is 0 Å². The van der Waals surface area contributed by atoms with Gasteiger partial charge in [-0.15, -0.1) is 0 Å². The van der Waals surface area contributed by atoms with Gasteiger partial charge in [0.25, 0.3) is 0 Å². The van der Waals surface area contributed by atoms with E-state index in [0.717, 1.165) is 34.1 Å². The molecule has 0 fully saturated rings. The third-order valence-corrected chi connectivity index (χ3v) is 4.06. The molecule has 2 atom stereocenters. The fourth-order valence-corrected chi connectivity index (χ4v) is 3.04. The van der Waals surface area contributed by atoms with E-state index in [2.05, 4.69) is 27.8 Å². The molecule has 3 nitrogen and oxygen atoms in total. The zero-order chi connectivity index (χ0) is 14.7. The highest BCUT2D eigenvalue weighted by molar-refractivity contribution is 9.10. The van der Waals surface area contributed by atoms with Crippen molar-refractivity contribution in [2.75, 3.05) is 0 Å². The van der Waals surface area contributed by atoms with E-state index in [9.17, 15) is 5.11 Å². The first-order valence-corrected chi connectivity index (χ1v) is 7.56. The van der Waals surface area contributed by atoms with Gasteiger partial charge in [-0.1, -0.05) is 22.9 Å². The number of hydrogen-bond acceptors (Lipinski definition) is 3. The lowest BCUT2D eigenvalue weighted by atomic mass is 9.89. The number of nitrogens with one attached hydrogen (secondary N) is 1. The van der Waals surface area contributed by atoms with Crippen molar-refractivity contribution >= 4 is 34.0 Å². The smallest absolute Gasteiger partial charge is 0.0969 e. The zero-order valence-electron chi connectivity index (χ0n) is 11.7. The van der Waals surface area contributed by atoms with E-state index < -0.39 is 0 Å². The second-order valence-electron chi connectivity index (χ2n) is 5.34. The molecule has 0 aliphatic heterocycles. The van der Waals surface area contributed by atoms with Crippen molar-refractivity contribution in [3.63, 3.8) is 0 Å². The lowest BCUT2D eigenvalue weighted by Crippen LogP contribution is -2.13. The van der Waals surface area contributed by atoms with E-state index in [1.807, 2.05) is 25.1 Å². The number of halogens is 1. The van der Waals surface area contributed by atoms with Gasteiger partial charge in [0.05, 0.1) is 17.4 Å². The molecular formula is C16H19BrN2O. The van der Waals surface area contributed by atoms with E-state index >= 15 is 0 Å². The number of hydrogen-bond donors (Lipinski definition) is 2. The molecule has 0 radical (unpaired) electrons. The van der Waals surface area contributed by atoms with Crippen LogP contribution in [0.2, 0.25) is 0 Å². The Kier molecular flexibility index (Phi) is 4.76. The van der Waals surface area contributed by atoms with Crippen LogP contribution in [-0.4, -0.2) is 17.5 Å². The maximum absolute atomic E-state index is 9.97. The predicted molar refractivity (Wildman–Crippen MR) is 87.5 cm³/mol. The third kappa shape index (κ3) is 3.37. The Morgan fingerprint density at radius 3 is 2.80 bits per heavy atom. The SMILES string of the molecule is Cc1cc(Br)cc(C=N)c1/N=C/C1CCC(C)C=C1O. The molecule has 1 aliphatic rings. The number of benzene rings is 1. The number of nitrogens with zero attached hydrogens (tertiary/aromatic N) is 1. The fourth-order valence-electron chi connectivity index (χ4n) is 2.45. The second-order valence-corrected chi connectivity index (χ2v) is 6.25. The van der Waals surface area contributed by atoms with Crippen molar-refractivity contribution in [1.29, 1.82) is 5.41 Å². The van der Waals surface area contributed by atoms with Crippen LogP contribution in [0, 0.1) is 24.2 Å². The Morgan fingerprint density at radius 2 is 2.15 bits per heavy atom. The molecule has 2 unspecified atom stereocenters. The quantitative estimate of drug-likeness (QED) is 0.755. The highest BCUT2D eigenvalue weighted by Gasteiger charge is 2.18. The average Bonchev–Trinajstić information content (AvgIpc) is 2.38. The number of aliphatic hydroxyl groups excluding tert-OH is 1. The molecule has 20 heavy (non-hydrogen) atoms. The van der Waals surface area contributed by atoms with E-state index in [-0.39, 0.29) is 5.92 Å². The first-order valence-electron chi connectivity index (χ1n) is 6.76. The van der Waals surface area contributed by atoms with Crippen LogP contribution in [-0.2, 0) is 0 Å². The van der Waals surface area contributed by atoms with Crippen molar-refractivity contribution in [2.45, 2.75) is 26.7 Å². The molecule has 4 heteroatoms. The van der Waals surface area contributed by atoms with Crippen LogP contribution in [0.5, 0.6) is 0 Å². The predicted octanol–water partition coefficient (Wildman–Crippen LogP) is 4.95. The van der Waals surface area contributed by atoms with Crippen molar-refractivity contribution in [2.24, 2.45) is 16.8 Å². The minimum Gasteiger partial charge on any atom is -0.512 e. The van der Waals surface area contributed by atoms with Crippen LogP contribution in [0.3, 0.4) is 0 Å². The first-order chi connectivity index (χ1) is 9.51. The largest absolute Gasteiger partial charge is 0.512 e. The molecule has 0 spiro atoms. The molecule has 2 rings (SSSR count). The number of aryl methyl sites for hydroxylation is 1. The Bertz CT molecular complexity index is 578. The second kappa shape index (κ2) is 6.35. The number of allylic oxidation sites excluding steroid dienone is 2. The molecule has 106 valence electrons. The summed E-state index contributed by atoms with van der Waals surface area (Å²) in [7, 11) is 0. The Hall–Kier alpha value is -1.42. The average molecular weight is 335 g/mol. The molecular weight excluding hydrogens is 316 g/mol. The number of rotatable bonds is 3. The van der Waals surface area contributed by atoms with Crippen LogP contribution < -0.4 is 0 Å². The normalized spacial score (nSPS) is 22.9. The van der Waals surface area contributed by atoms with Gasteiger partial charge in [-0.2, -0.15) is 0 Å². The van der Waals surface area contributed by atoms with Gasteiger partial charge < -0.3 is 10.5 Å². The molecule has 0 aromatic heterocycles. The summed E-state index contributed by atoms with van der Waals surface area (Å²) in [5.41, 5.74) is 2.59. The maximum Gasteiger partial charge on any atom is 0.0969 e. The van der Waals surface area contributed by atoms with Crippen LogP contribution in [0.25, 0.3) is 0 Å². The maximum atomic E-state index is 9.97. The van der Waals surface area contributed by atoms with Gasteiger partial charge in [0.15, 0.2) is 0 Å². The van der Waals surface area contributed by atoms with E-state index in [4.69, 9.17) is 5.41 Å². The summed E-state index contributed by atoms with van der Waals surface area (Å²) in [4.78, 5) is 4.52. The van der Waals surface area contributed by atoms with Gasteiger partial charge in [-0.05, 0) is 49.5 Å². The minimum absolute atomic E-state index is 0.00664. The van der Waals surface area contributed by atoms with Gasteiger partial charge in [0.1, 0.15) is 0 Å². The first kappa shape index (κ1) is 15.0. The molecule has 0 saturated carbocycles. The van der Waals surface area contributed by atoms with Crippen LogP contribution in [0.15, 0.2) is 33.4 Å². The van der Waals surface area contributed by atoms with Gasteiger partial charge in [0.2, 0.25) is 0 Å².